The number of benzene rings is 1. The van der Waals surface area contributed by atoms with Gasteiger partial charge in [0, 0.05) is 5.69 Å². The van der Waals surface area contributed by atoms with E-state index >= 15 is 0 Å². The third-order valence-electron chi connectivity index (χ3n) is 2.73. The molecule has 106 valence electrons. The Labute approximate surface area is 119 Å². The van der Waals surface area contributed by atoms with Crippen LogP contribution in [-0.4, -0.2) is 19.7 Å². The van der Waals surface area contributed by atoms with Gasteiger partial charge in [0.15, 0.2) is 0 Å². The van der Waals surface area contributed by atoms with Gasteiger partial charge in [0.1, 0.15) is 5.82 Å². The van der Waals surface area contributed by atoms with Crippen LogP contribution in [0.4, 0.5) is 17.2 Å². The molecule has 0 aliphatic heterocycles. The lowest BCUT2D eigenvalue weighted by Gasteiger charge is -2.10. The number of pyridine rings is 1. The van der Waals surface area contributed by atoms with Gasteiger partial charge in [-0.3, -0.25) is 4.72 Å². The fraction of sp³-hybridized carbons (Fsp3) is 0.214. The minimum absolute atomic E-state index is 0.446. The zero-order valence-electron chi connectivity index (χ0n) is 11.4. The molecule has 0 saturated heterocycles. The zero-order valence-corrected chi connectivity index (χ0v) is 12.2. The first-order valence-electron chi connectivity index (χ1n) is 6.26. The topological polar surface area (TPSA) is 71.1 Å². The Morgan fingerprint density at radius 1 is 1.15 bits per heavy atom. The summed E-state index contributed by atoms with van der Waals surface area (Å²) < 4.78 is 24.6. The van der Waals surface area contributed by atoms with Crippen LogP contribution in [-0.2, 0) is 16.4 Å². The van der Waals surface area contributed by atoms with Crippen LogP contribution in [0, 0.1) is 0 Å². The molecular weight excluding hydrogens is 274 g/mol. The Kier molecular flexibility index (Phi) is 4.24. The van der Waals surface area contributed by atoms with Gasteiger partial charge in [0.2, 0.25) is 10.0 Å². The second-order valence-electron chi connectivity index (χ2n) is 4.44. The molecule has 1 aromatic heterocycles. The Hall–Kier alpha value is -2.08. The molecule has 0 unspecified atom stereocenters. The third-order valence-corrected chi connectivity index (χ3v) is 3.33. The van der Waals surface area contributed by atoms with Crippen molar-refractivity contribution in [2.45, 2.75) is 13.3 Å². The summed E-state index contributed by atoms with van der Waals surface area (Å²) in [4.78, 5) is 4.20. The normalized spacial score (nSPS) is 11.1. The number of para-hydroxylation sites is 1. The van der Waals surface area contributed by atoms with Crippen molar-refractivity contribution in [2.24, 2.45) is 0 Å². The molecule has 20 heavy (non-hydrogen) atoms. The lowest BCUT2D eigenvalue weighted by atomic mass is 10.1. The Morgan fingerprint density at radius 3 is 2.50 bits per heavy atom. The maximum Gasteiger partial charge on any atom is 0.229 e. The zero-order chi connectivity index (χ0) is 14.6. The van der Waals surface area contributed by atoms with Crippen LogP contribution in [0.5, 0.6) is 0 Å². The van der Waals surface area contributed by atoms with Crippen LogP contribution in [0.1, 0.15) is 12.5 Å². The summed E-state index contributed by atoms with van der Waals surface area (Å²) in [6.07, 6.45) is 3.52. The molecule has 2 N–H and O–H groups in total. The highest BCUT2D eigenvalue weighted by Crippen LogP contribution is 2.20. The summed E-state index contributed by atoms with van der Waals surface area (Å²) in [7, 11) is -3.27. The van der Waals surface area contributed by atoms with E-state index in [1.165, 1.54) is 11.8 Å². The lowest BCUT2D eigenvalue weighted by molar-refractivity contribution is 0.607. The molecule has 0 spiro atoms. The first-order valence-corrected chi connectivity index (χ1v) is 8.16. The quantitative estimate of drug-likeness (QED) is 0.888. The molecule has 0 atom stereocenters. The molecule has 0 aliphatic carbocycles. The molecule has 2 aromatic rings. The maximum atomic E-state index is 11.1. The van der Waals surface area contributed by atoms with Gasteiger partial charge in [0.25, 0.3) is 0 Å². The first-order chi connectivity index (χ1) is 9.48. The molecule has 0 radical (unpaired) electrons. The summed E-state index contributed by atoms with van der Waals surface area (Å²) in [5.74, 6) is 0.671. The number of aryl methyl sites for hydroxylation is 1. The molecule has 0 bridgehead atoms. The number of hydrogen-bond acceptors (Lipinski definition) is 4. The SMILES string of the molecule is CCc1ccccc1Nc1ccc(NS(C)(=O)=O)cn1. The monoisotopic (exact) mass is 291 g/mol. The number of rotatable bonds is 5. The molecule has 5 nitrogen and oxygen atoms in total. The number of hydrogen-bond donors (Lipinski definition) is 2. The van der Waals surface area contributed by atoms with Crippen LogP contribution in [0.2, 0.25) is 0 Å². The molecule has 0 saturated carbocycles. The number of anilines is 3. The first kappa shape index (κ1) is 14.3. The smallest absolute Gasteiger partial charge is 0.229 e. The molecule has 1 heterocycles. The van der Waals surface area contributed by atoms with Crippen molar-refractivity contribution in [3.05, 3.63) is 48.2 Å². The van der Waals surface area contributed by atoms with Gasteiger partial charge in [-0.25, -0.2) is 13.4 Å². The van der Waals surface area contributed by atoms with E-state index < -0.39 is 10.0 Å². The number of nitrogens with one attached hydrogen (secondary N) is 2. The van der Waals surface area contributed by atoms with Gasteiger partial charge in [-0.15, -0.1) is 0 Å². The summed E-state index contributed by atoms with van der Waals surface area (Å²) in [5.41, 5.74) is 2.65. The van der Waals surface area contributed by atoms with Crippen molar-refractivity contribution in [3.63, 3.8) is 0 Å². The predicted octanol–water partition coefficient (Wildman–Crippen LogP) is 2.76. The number of sulfonamides is 1. The molecule has 0 aliphatic rings. The molecule has 1 aromatic carbocycles. The molecule has 0 fully saturated rings. The van der Waals surface area contributed by atoms with Crippen molar-refractivity contribution in [1.29, 1.82) is 0 Å². The summed E-state index contributed by atoms with van der Waals surface area (Å²) in [5, 5.41) is 3.23. The van der Waals surface area contributed by atoms with Crippen molar-refractivity contribution < 1.29 is 8.42 Å². The van der Waals surface area contributed by atoms with Gasteiger partial charge < -0.3 is 5.32 Å². The van der Waals surface area contributed by atoms with E-state index in [1.807, 2.05) is 18.2 Å². The van der Waals surface area contributed by atoms with Crippen LogP contribution in [0.15, 0.2) is 42.6 Å². The van der Waals surface area contributed by atoms with E-state index in [2.05, 4.69) is 28.0 Å². The predicted molar refractivity (Wildman–Crippen MR) is 81.8 cm³/mol. The van der Waals surface area contributed by atoms with Gasteiger partial charge in [0.05, 0.1) is 18.1 Å². The Balaban J connectivity index is 2.15. The fourth-order valence-electron chi connectivity index (χ4n) is 1.83. The minimum atomic E-state index is -3.27. The van der Waals surface area contributed by atoms with Crippen LogP contribution >= 0.6 is 0 Å². The summed E-state index contributed by atoms with van der Waals surface area (Å²) in [6.45, 7) is 2.09. The number of nitrogens with zero attached hydrogens (tertiary/aromatic N) is 1. The second-order valence-corrected chi connectivity index (χ2v) is 6.19. The maximum absolute atomic E-state index is 11.1. The van der Waals surface area contributed by atoms with Crippen molar-refractivity contribution >= 4 is 27.2 Å². The van der Waals surface area contributed by atoms with E-state index in [1.54, 1.807) is 12.1 Å². The Morgan fingerprint density at radius 2 is 1.90 bits per heavy atom. The van der Waals surface area contributed by atoms with Gasteiger partial charge >= 0.3 is 0 Å². The fourth-order valence-corrected chi connectivity index (χ4v) is 2.38. The van der Waals surface area contributed by atoms with E-state index in [-0.39, 0.29) is 0 Å². The van der Waals surface area contributed by atoms with Gasteiger partial charge in [-0.05, 0) is 30.2 Å². The average Bonchev–Trinajstić information content (AvgIpc) is 2.40. The molecule has 2 rings (SSSR count). The second kappa shape index (κ2) is 5.92. The largest absolute Gasteiger partial charge is 0.340 e. The molecular formula is C14H17N3O2S. The van der Waals surface area contributed by atoms with E-state index in [9.17, 15) is 8.42 Å². The molecule has 0 amide bonds. The standard InChI is InChI=1S/C14H17N3O2S/c1-3-11-6-4-5-7-13(11)16-14-9-8-12(10-15-14)17-20(2,18)19/h4-10,17H,3H2,1-2H3,(H,15,16). The molecule has 6 heteroatoms. The minimum Gasteiger partial charge on any atom is -0.340 e. The third kappa shape index (κ3) is 3.96. The van der Waals surface area contributed by atoms with Crippen molar-refractivity contribution in [1.82, 2.24) is 4.98 Å². The van der Waals surface area contributed by atoms with E-state index in [4.69, 9.17) is 0 Å². The average molecular weight is 291 g/mol. The van der Waals surface area contributed by atoms with Crippen LogP contribution in [0.3, 0.4) is 0 Å². The van der Waals surface area contributed by atoms with Crippen LogP contribution < -0.4 is 10.0 Å². The van der Waals surface area contributed by atoms with Gasteiger partial charge in [-0.1, -0.05) is 25.1 Å². The van der Waals surface area contributed by atoms with Crippen molar-refractivity contribution in [2.75, 3.05) is 16.3 Å². The van der Waals surface area contributed by atoms with Gasteiger partial charge in [-0.2, -0.15) is 0 Å². The Bertz CT molecular complexity index is 682. The highest BCUT2D eigenvalue weighted by molar-refractivity contribution is 7.92. The highest BCUT2D eigenvalue weighted by atomic mass is 32.2. The van der Waals surface area contributed by atoms with E-state index in [0.29, 0.717) is 11.5 Å². The number of aromatic nitrogens is 1. The summed E-state index contributed by atoms with van der Waals surface area (Å²) >= 11 is 0. The van der Waals surface area contributed by atoms with E-state index in [0.717, 1.165) is 18.4 Å². The highest BCUT2D eigenvalue weighted by Gasteiger charge is 2.04. The van der Waals surface area contributed by atoms with Crippen molar-refractivity contribution in [3.8, 4) is 0 Å². The lowest BCUT2D eigenvalue weighted by Crippen LogP contribution is -2.09. The summed E-state index contributed by atoms with van der Waals surface area (Å²) in [6, 6.07) is 11.4. The van der Waals surface area contributed by atoms with Crippen LogP contribution in [0.25, 0.3) is 0 Å².